The van der Waals surface area contributed by atoms with Crippen molar-refractivity contribution in [2.75, 3.05) is 23.4 Å². The van der Waals surface area contributed by atoms with E-state index < -0.39 is 34.1 Å². The summed E-state index contributed by atoms with van der Waals surface area (Å²) in [5, 5.41) is 22.3. The maximum atomic E-state index is 12.5. The molecule has 2 amide bonds. The zero-order valence-electron chi connectivity index (χ0n) is 18.6. The Morgan fingerprint density at radius 1 is 1.38 bits per heavy atom. The maximum Gasteiger partial charge on any atom is 1.00 e. The molecular weight excluding hydrogens is 535 g/mol. The predicted molar refractivity (Wildman–Crippen MR) is 127 cm³/mol. The molecule has 34 heavy (non-hydrogen) atoms. The molecule has 15 heteroatoms. The molecule has 3 rings (SSSR count). The Hall–Kier alpha value is -0.670. The minimum absolute atomic E-state index is 0. The number of carbonyl (C=O) groups excluding carboxylic acids is 3. The van der Waals surface area contributed by atoms with Crippen LogP contribution < -0.4 is 50.4 Å². The molecule has 4 N–H and O–H groups in total. The zero-order valence-corrected chi connectivity index (χ0v) is 23.9. The molecule has 2 aliphatic heterocycles. The summed E-state index contributed by atoms with van der Waals surface area (Å²) >= 11 is 11.6. The largest absolute Gasteiger partial charge is 1.00 e. The van der Waals surface area contributed by atoms with Gasteiger partial charge in [-0.1, -0.05) is 18.5 Å². The molecule has 182 valence electrons. The van der Waals surface area contributed by atoms with Crippen LogP contribution in [0.5, 0.6) is 0 Å². The number of carbonyl (C=O) groups is 3. The molecule has 0 aliphatic carbocycles. The van der Waals surface area contributed by atoms with Crippen LogP contribution in [0.1, 0.15) is 30.1 Å². The Balaban J connectivity index is 0.00000408. The number of fused-ring (bicyclic) bond motifs is 1. The molecule has 2 aliphatic rings. The van der Waals surface area contributed by atoms with Crippen molar-refractivity contribution < 1.29 is 57.5 Å². The number of likely N-dealkylation sites (tertiary alicyclic amines) is 1. The SMILES string of the molecule is CC(CS)C(=O)N1CC(SCCC2NC(=O)c3cc(S(N)(=O)=O)c(Cl)cc3N2)CC1C(=O)[O-].[Na+]. The number of anilines is 1. The van der Waals surface area contributed by atoms with E-state index in [1.807, 2.05) is 0 Å². The van der Waals surface area contributed by atoms with Crippen LogP contribution in [0, 0.1) is 5.92 Å². The number of halogens is 1. The molecule has 4 unspecified atom stereocenters. The van der Waals surface area contributed by atoms with Gasteiger partial charge in [0.25, 0.3) is 5.91 Å². The van der Waals surface area contributed by atoms with Gasteiger partial charge in [-0.25, -0.2) is 13.6 Å². The number of carboxylic acid groups (broad SMARTS) is 1. The van der Waals surface area contributed by atoms with E-state index in [4.69, 9.17) is 16.7 Å². The molecule has 1 aromatic carbocycles. The van der Waals surface area contributed by atoms with Gasteiger partial charge in [-0.3, -0.25) is 9.59 Å². The number of nitrogens with one attached hydrogen (secondary N) is 2. The average Bonchev–Trinajstić information content (AvgIpc) is 3.15. The van der Waals surface area contributed by atoms with Crippen molar-refractivity contribution in [3.8, 4) is 0 Å². The molecule has 1 aromatic rings. The van der Waals surface area contributed by atoms with Crippen molar-refractivity contribution in [2.24, 2.45) is 11.1 Å². The Morgan fingerprint density at radius 3 is 2.65 bits per heavy atom. The normalized spacial score (nSPS) is 22.8. The number of sulfonamides is 1. The van der Waals surface area contributed by atoms with Crippen LogP contribution in [-0.2, 0) is 19.6 Å². The summed E-state index contributed by atoms with van der Waals surface area (Å²) < 4.78 is 23.3. The van der Waals surface area contributed by atoms with E-state index in [-0.39, 0.29) is 68.5 Å². The van der Waals surface area contributed by atoms with Gasteiger partial charge < -0.3 is 25.4 Å². The number of thiol groups is 1. The second-order valence-electron chi connectivity index (χ2n) is 7.97. The summed E-state index contributed by atoms with van der Waals surface area (Å²) in [6.45, 7) is 2.01. The van der Waals surface area contributed by atoms with E-state index in [2.05, 4.69) is 23.3 Å². The number of aliphatic carboxylic acids is 1. The molecule has 0 bridgehead atoms. The van der Waals surface area contributed by atoms with E-state index in [0.717, 1.165) is 6.07 Å². The molecule has 1 saturated heterocycles. The Morgan fingerprint density at radius 2 is 2.06 bits per heavy atom. The van der Waals surface area contributed by atoms with Crippen LogP contribution in [0.2, 0.25) is 5.02 Å². The van der Waals surface area contributed by atoms with Gasteiger partial charge in [0.05, 0.1) is 34.5 Å². The topological polar surface area (TPSA) is 162 Å². The van der Waals surface area contributed by atoms with Crippen molar-refractivity contribution >= 4 is 69.5 Å². The van der Waals surface area contributed by atoms with E-state index in [1.165, 1.54) is 22.7 Å². The number of benzene rings is 1. The van der Waals surface area contributed by atoms with Crippen molar-refractivity contribution in [2.45, 2.75) is 42.1 Å². The third kappa shape index (κ3) is 6.75. The number of nitrogens with two attached hydrogens (primary N) is 1. The number of carboxylic acids is 1. The maximum absolute atomic E-state index is 12.5. The molecule has 0 spiro atoms. The predicted octanol–water partition coefficient (Wildman–Crippen LogP) is -3.12. The van der Waals surface area contributed by atoms with Gasteiger partial charge in [0, 0.05) is 23.5 Å². The first-order valence-corrected chi connectivity index (χ1v) is 13.7. The van der Waals surface area contributed by atoms with Gasteiger partial charge in [0.2, 0.25) is 15.9 Å². The van der Waals surface area contributed by atoms with Gasteiger partial charge in [-0.15, -0.1) is 0 Å². The van der Waals surface area contributed by atoms with Crippen LogP contribution in [0.15, 0.2) is 17.0 Å². The third-order valence-electron chi connectivity index (χ3n) is 5.53. The van der Waals surface area contributed by atoms with Crippen LogP contribution >= 0.6 is 36.0 Å². The molecule has 0 aromatic heterocycles. The number of nitrogens with zero attached hydrogens (tertiary/aromatic N) is 1. The van der Waals surface area contributed by atoms with E-state index in [9.17, 15) is 27.9 Å². The van der Waals surface area contributed by atoms with Crippen LogP contribution in [0.25, 0.3) is 0 Å². The van der Waals surface area contributed by atoms with Crippen LogP contribution in [0.4, 0.5) is 5.69 Å². The van der Waals surface area contributed by atoms with E-state index in [0.29, 0.717) is 30.2 Å². The number of hydrogen-bond acceptors (Lipinski definition) is 9. The van der Waals surface area contributed by atoms with Gasteiger partial charge in [-0.2, -0.15) is 24.4 Å². The number of hydrogen-bond donors (Lipinski definition) is 4. The van der Waals surface area contributed by atoms with E-state index in [1.54, 1.807) is 6.92 Å². The molecule has 2 heterocycles. The monoisotopic (exact) mass is 558 g/mol. The minimum atomic E-state index is -4.08. The molecule has 0 saturated carbocycles. The van der Waals surface area contributed by atoms with Crippen LogP contribution in [-0.4, -0.2) is 66.6 Å². The second kappa shape index (κ2) is 12.0. The summed E-state index contributed by atoms with van der Waals surface area (Å²) in [7, 11) is -4.08. The van der Waals surface area contributed by atoms with Gasteiger partial charge in [0.1, 0.15) is 4.90 Å². The number of amides is 2. The van der Waals surface area contributed by atoms with E-state index >= 15 is 0 Å². The first kappa shape index (κ1) is 29.6. The van der Waals surface area contributed by atoms with Crippen molar-refractivity contribution in [1.29, 1.82) is 0 Å². The minimum Gasteiger partial charge on any atom is -0.548 e. The van der Waals surface area contributed by atoms with Crippen LogP contribution in [0.3, 0.4) is 0 Å². The number of thioether (sulfide) groups is 1. The average molecular weight is 559 g/mol. The van der Waals surface area contributed by atoms with Crippen molar-refractivity contribution in [1.82, 2.24) is 10.2 Å². The van der Waals surface area contributed by atoms with Crippen molar-refractivity contribution in [3.05, 3.63) is 22.7 Å². The smallest absolute Gasteiger partial charge is 0.548 e. The van der Waals surface area contributed by atoms with Crippen molar-refractivity contribution in [3.63, 3.8) is 0 Å². The zero-order chi connectivity index (χ0) is 24.5. The summed E-state index contributed by atoms with van der Waals surface area (Å²) in [4.78, 5) is 37.5. The first-order chi connectivity index (χ1) is 15.4. The molecule has 4 atom stereocenters. The fraction of sp³-hybridized carbons (Fsp3) is 0.526. The molecule has 0 radical (unpaired) electrons. The Bertz CT molecular complexity index is 1080. The standard InChI is InChI=1S/C19H25ClN4O6S3.Na/c1-9(8-31)18(26)24-7-10(4-14(24)19(27)28)32-3-2-16-22-13-6-12(20)15(33(21,29)30)5-11(13)17(25)23-16;/h5-6,9-10,14,16,22,31H,2-4,7-8H2,1H3,(H,23,25)(H,27,28)(H2,21,29,30);/q;+1/p-1. The van der Waals surface area contributed by atoms with Gasteiger partial charge in [-0.05, 0) is 30.7 Å². The Labute approximate surface area is 234 Å². The quantitative estimate of drug-likeness (QED) is 0.192. The molecular formula is C19H24ClN4NaO6S3. The fourth-order valence-corrected chi connectivity index (χ4v) is 6.33. The summed E-state index contributed by atoms with van der Waals surface area (Å²) in [5.41, 5.74) is 0.508. The van der Waals surface area contributed by atoms with Gasteiger partial charge >= 0.3 is 29.6 Å². The molecule has 10 nitrogen and oxygen atoms in total. The molecule has 1 fully saturated rings. The fourth-order valence-electron chi connectivity index (χ4n) is 3.78. The summed E-state index contributed by atoms with van der Waals surface area (Å²) in [6.07, 6.45) is 0.351. The number of primary sulfonamides is 1. The first-order valence-electron chi connectivity index (χ1n) is 10.1. The third-order valence-corrected chi connectivity index (χ3v) is 8.74. The second-order valence-corrected chi connectivity index (χ2v) is 11.7. The number of rotatable bonds is 8. The summed E-state index contributed by atoms with van der Waals surface area (Å²) in [5.74, 6) is -1.48. The Kier molecular flexibility index (Phi) is 10.5. The van der Waals surface area contributed by atoms with Gasteiger partial charge in [0.15, 0.2) is 0 Å². The summed E-state index contributed by atoms with van der Waals surface area (Å²) in [6, 6.07) is 1.52.